The Morgan fingerprint density at radius 2 is 1.86 bits per heavy atom. The van der Waals surface area contributed by atoms with Gasteiger partial charge in [0.05, 0.1) is 10.7 Å². The maximum atomic E-state index is 13.4. The lowest BCUT2D eigenvalue weighted by molar-refractivity contribution is -0.116. The molecule has 0 saturated heterocycles. The lowest BCUT2D eigenvalue weighted by Crippen LogP contribution is -2.21. The summed E-state index contributed by atoms with van der Waals surface area (Å²) in [5.41, 5.74) is -0.730. The Kier molecular flexibility index (Phi) is 4.17. The van der Waals surface area contributed by atoms with E-state index in [-0.39, 0.29) is 6.07 Å². The summed E-state index contributed by atoms with van der Waals surface area (Å²) < 4.78 is 53.8. The van der Waals surface area contributed by atoms with Gasteiger partial charge in [-0.05, 0) is 6.92 Å². The highest BCUT2D eigenvalue weighted by molar-refractivity contribution is 6.31. The predicted molar refractivity (Wildman–Crippen MR) is 66.9 cm³/mol. The van der Waals surface area contributed by atoms with Gasteiger partial charge in [0.1, 0.15) is 12.2 Å². The van der Waals surface area contributed by atoms with Gasteiger partial charge in [-0.3, -0.25) is 9.48 Å². The smallest absolute Gasteiger partial charge is 0.246 e. The summed E-state index contributed by atoms with van der Waals surface area (Å²) in [5, 5.41) is 5.93. The van der Waals surface area contributed by atoms with E-state index in [0.29, 0.717) is 10.7 Å². The highest BCUT2D eigenvalue weighted by Gasteiger charge is 2.21. The molecule has 0 fully saturated rings. The molecule has 112 valence electrons. The molecule has 0 atom stereocenters. The zero-order valence-corrected chi connectivity index (χ0v) is 11.3. The summed E-state index contributed by atoms with van der Waals surface area (Å²) >= 11 is 5.73. The van der Waals surface area contributed by atoms with Crippen molar-refractivity contribution < 1.29 is 22.4 Å². The Bertz CT molecular complexity index is 671. The molecule has 4 nitrogen and oxygen atoms in total. The molecule has 21 heavy (non-hydrogen) atoms. The van der Waals surface area contributed by atoms with E-state index in [2.05, 4.69) is 5.10 Å². The summed E-state index contributed by atoms with van der Waals surface area (Å²) in [6.45, 7) is 1.17. The van der Waals surface area contributed by atoms with Gasteiger partial charge in [0, 0.05) is 12.3 Å². The van der Waals surface area contributed by atoms with Crippen LogP contribution in [0.1, 0.15) is 5.69 Å². The van der Waals surface area contributed by atoms with Crippen LogP contribution in [0.4, 0.5) is 23.2 Å². The van der Waals surface area contributed by atoms with Gasteiger partial charge in [-0.2, -0.15) is 5.10 Å². The topological polar surface area (TPSA) is 46.9 Å². The Morgan fingerprint density at radius 3 is 2.33 bits per heavy atom. The highest BCUT2D eigenvalue weighted by atomic mass is 35.5. The van der Waals surface area contributed by atoms with Crippen molar-refractivity contribution >= 4 is 23.2 Å². The van der Waals surface area contributed by atoms with Gasteiger partial charge in [0.25, 0.3) is 0 Å². The Hall–Kier alpha value is -2.09. The van der Waals surface area contributed by atoms with Crippen LogP contribution >= 0.6 is 11.6 Å². The third-order valence-electron chi connectivity index (χ3n) is 2.57. The summed E-state index contributed by atoms with van der Waals surface area (Å²) in [5.74, 6) is -7.50. The van der Waals surface area contributed by atoms with E-state index < -0.39 is 41.4 Å². The third kappa shape index (κ3) is 3.15. The number of nitrogens with one attached hydrogen (secondary N) is 1. The summed E-state index contributed by atoms with van der Waals surface area (Å²) in [6.07, 6.45) is 1.33. The molecule has 1 aromatic heterocycles. The molecule has 0 aliphatic heterocycles. The van der Waals surface area contributed by atoms with Gasteiger partial charge in [-0.15, -0.1) is 0 Å². The lowest BCUT2D eigenvalue weighted by atomic mass is 10.2. The second-order valence-electron chi connectivity index (χ2n) is 4.15. The van der Waals surface area contributed by atoms with E-state index in [9.17, 15) is 22.4 Å². The molecule has 2 rings (SSSR count). The number of halogens is 5. The molecule has 0 aliphatic rings. The monoisotopic (exact) mass is 321 g/mol. The summed E-state index contributed by atoms with van der Waals surface area (Å²) in [7, 11) is 0. The van der Waals surface area contributed by atoms with Crippen LogP contribution in [-0.4, -0.2) is 15.7 Å². The third-order valence-corrected chi connectivity index (χ3v) is 2.94. The van der Waals surface area contributed by atoms with Crippen molar-refractivity contribution in [1.29, 1.82) is 0 Å². The molecular weight excluding hydrogens is 314 g/mol. The van der Waals surface area contributed by atoms with Crippen molar-refractivity contribution in [3.63, 3.8) is 0 Å². The Morgan fingerprint density at radius 1 is 1.29 bits per heavy atom. The molecule has 1 heterocycles. The first-order valence-corrected chi connectivity index (χ1v) is 5.99. The molecule has 1 amide bonds. The van der Waals surface area contributed by atoms with E-state index in [1.165, 1.54) is 6.20 Å². The van der Waals surface area contributed by atoms with Gasteiger partial charge in [0.2, 0.25) is 5.91 Å². The fraction of sp³-hybridized carbons (Fsp3) is 0.167. The van der Waals surface area contributed by atoms with Crippen molar-refractivity contribution in [2.24, 2.45) is 0 Å². The molecule has 9 heteroatoms. The maximum absolute atomic E-state index is 13.4. The largest absolute Gasteiger partial charge is 0.319 e. The second-order valence-corrected chi connectivity index (χ2v) is 4.56. The number of aromatic nitrogens is 2. The van der Waals surface area contributed by atoms with Gasteiger partial charge in [-0.25, -0.2) is 17.6 Å². The number of hydrogen-bond acceptors (Lipinski definition) is 2. The molecular formula is C12H8ClF4N3O. The fourth-order valence-corrected chi connectivity index (χ4v) is 1.73. The molecule has 0 saturated carbocycles. The van der Waals surface area contributed by atoms with Crippen molar-refractivity contribution in [2.75, 3.05) is 5.32 Å². The van der Waals surface area contributed by atoms with Crippen LogP contribution < -0.4 is 5.32 Å². The zero-order valence-electron chi connectivity index (χ0n) is 10.6. The number of carbonyl (C=O) groups excluding carboxylic acids is 1. The van der Waals surface area contributed by atoms with E-state index >= 15 is 0 Å². The van der Waals surface area contributed by atoms with E-state index in [1.807, 2.05) is 0 Å². The number of rotatable bonds is 3. The molecule has 0 radical (unpaired) electrons. The highest BCUT2D eigenvalue weighted by Crippen LogP contribution is 2.24. The number of aryl methyl sites for hydroxylation is 1. The number of benzene rings is 1. The first-order valence-electron chi connectivity index (χ1n) is 5.62. The Balaban J connectivity index is 2.20. The van der Waals surface area contributed by atoms with Crippen LogP contribution in [0.3, 0.4) is 0 Å². The van der Waals surface area contributed by atoms with Crippen molar-refractivity contribution in [1.82, 2.24) is 9.78 Å². The van der Waals surface area contributed by atoms with E-state index in [0.717, 1.165) is 4.68 Å². The Labute approximate surface area is 121 Å². The number of amides is 1. The maximum Gasteiger partial charge on any atom is 0.246 e. The number of carbonyl (C=O) groups is 1. The lowest BCUT2D eigenvalue weighted by Gasteiger charge is -2.09. The molecule has 2 aromatic rings. The standard InChI is InChI=1S/C12H8ClF4N3O/c1-5-6(13)3-20(19-5)4-9(21)18-12-10(16)7(14)2-8(15)11(12)17/h2-3H,4H2,1H3,(H,18,21). The summed E-state index contributed by atoms with van der Waals surface area (Å²) in [4.78, 5) is 11.6. The minimum absolute atomic E-state index is 0.0525. The fourth-order valence-electron chi connectivity index (χ4n) is 1.58. The summed E-state index contributed by atoms with van der Waals surface area (Å²) in [6, 6.07) is 0.0525. The molecule has 0 unspecified atom stereocenters. The van der Waals surface area contributed by atoms with Crippen LogP contribution in [-0.2, 0) is 11.3 Å². The molecule has 1 N–H and O–H groups in total. The first-order chi connectivity index (χ1) is 9.79. The van der Waals surface area contributed by atoms with Crippen molar-refractivity contribution in [3.05, 3.63) is 46.2 Å². The van der Waals surface area contributed by atoms with Crippen molar-refractivity contribution in [2.45, 2.75) is 13.5 Å². The number of hydrogen-bond donors (Lipinski definition) is 1. The van der Waals surface area contributed by atoms with Crippen LogP contribution in [0.25, 0.3) is 0 Å². The number of anilines is 1. The molecule has 0 spiro atoms. The first kappa shape index (κ1) is 15.3. The normalized spacial score (nSPS) is 10.8. The SMILES string of the molecule is Cc1nn(CC(=O)Nc2c(F)c(F)cc(F)c2F)cc1Cl. The van der Waals surface area contributed by atoms with Gasteiger partial charge in [-0.1, -0.05) is 11.6 Å². The van der Waals surface area contributed by atoms with E-state index in [4.69, 9.17) is 11.6 Å². The van der Waals surface area contributed by atoms with Gasteiger partial charge < -0.3 is 5.32 Å². The second kappa shape index (κ2) is 5.72. The minimum Gasteiger partial charge on any atom is -0.319 e. The van der Waals surface area contributed by atoms with Crippen molar-refractivity contribution in [3.8, 4) is 0 Å². The average molecular weight is 322 g/mol. The molecule has 0 bridgehead atoms. The molecule has 1 aromatic carbocycles. The van der Waals surface area contributed by atoms with Crippen LogP contribution in [0.2, 0.25) is 5.02 Å². The average Bonchev–Trinajstić information content (AvgIpc) is 2.71. The minimum atomic E-state index is -1.68. The zero-order chi connectivity index (χ0) is 15.7. The van der Waals surface area contributed by atoms with E-state index in [1.54, 1.807) is 12.2 Å². The van der Waals surface area contributed by atoms with Gasteiger partial charge in [0.15, 0.2) is 23.3 Å². The molecule has 0 aliphatic carbocycles. The van der Waals surface area contributed by atoms with Crippen LogP contribution in [0.15, 0.2) is 12.3 Å². The van der Waals surface area contributed by atoms with Gasteiger partial charge >= 0.3 is 0 Å². The quantitative estimate of drug-likeness (QED) is 0.697. The predicted octanol–water partition coefficient (Wildman–Crippen LogP) is 3.04. The van der Waals surface area contributed by atoms with Crippen LogP contribution in [0, 0.1) is 30.2 Å². The number of nitrogens with zero attached hydrogens (tertiary/aromatic N) is 2. The van der Waals surface area contributed by atoms with Crippen LogP contribution in [0.5, 0.6) is 0 Å².